The van der Waals surface area contributed by atoms with E-state index >= 15 is 0 Å². The average molecular weight is 512 g/mol. The lowest BCUT2D eigenvalue weighted by Crippen LogP contribution is -2.32. The second-order valence-corrected chi connectivity index (χ2v) is 8.18. The fourth-order valence-corrected chi connectivity index (χ4v) is 3.77. The number of hydrogen-bond donors (Lipinski definition) is 2. The zero-order chi connectivity index (χ0) is 26.7. The van der Waals surface area contributed by atoms with Crippen molar-refractivity contribution in [2.45, 2.75) is 20.5 Å². The number of nitrogens with zero attached hydrogens (tertiary/aromatic N) is 1. The van der Waals surface area contributed by atoms with E-state index < -0.39 is 11.8 Å². The fraction of sp³-hybridized carbons (Fsp3) is 0.167. The van der Waals surface area contributed by atoms with Crippen LogP contribution in [0.3, 0.4) is 0 Å². The zero-order valence-corrected chi connectivity index (χ0v) is 21.3. The Labute approximate surface area is 221 Å². The molecule has 0 heterocycles. The van der Waals surface area contributed by atoms with Gasteiger partial charge in [0, 0.05) is 5.69 Å². The molecule has 0 aromatic heterocycles. The summed E-state index contributed by atoms with van der Waals surface area (Å²) >= 11 is 0. The molecule has 2 N–H and O–H groups in total. The zero-order valence-electron chi connectivity index (χ0n) is 21.3. The molecule has 0 bridgehead atoms. The number of ether oxygens (including phenoxy) is 3. The SMILES string of the molecule is CCOc1ccc(NC(=O)C(=O)NN=Cc2ccc(OCc3cccc4ccccc34)c(OCC)c2)cc1. The molecular weight excluding hydrogens is 482 g/mol. The van der Waals surface area contributed by atoms with Crippen molar-refractivity contribution in [1.29, 1.82) is 0 Å². The number of carbonyl (C=O) groups is 2. The van der Waals surface area contributed by atoms with Crippen LogP contribution in [0.15, 0.2) is 90.0 Å². The molecule has 0 spiro atoms. The molecule has 0 aliphatic rings. The van der Waals surface area contributed by atoms with Crippen LogP contribution in [0.4, 0.5) is 5.69 Å². The number of hydrazone groups is 1. The monoisotopic (exact) mass is 511 g/mol. The first-order valence-corrected chi connectivity index (χ1v) is 12.3. The molecule has 8 nitrogen and oxygen atoms in total. The molecule has 0 fully saturated rings. The predicted octanol–water partition coefficient (Wildman–Crippen LogP) is 5.31. The van der Waals surface area contributed by atoms with E-state index in [9.17, 15) is 9.59 Å². The highest BCUT2D eigenvalue weighted by molar-refractivity contribution is 6.39. The Morgan fingerprint density at radius 2 is 1.55 bits per heavy atom. The molecule has 8 heteroatoms. The summed E-state index contributed by atoms with van der Waals surface area (Å²) in [5.41, 5.74) is 4.44. The predicted molar refractivity (Wildman–Crippen MR) is 148 cm³/mol. The second kappa shape index (κ2) is 12.9. The summed E-state index contributed by atoms with van der Waals surface area (Å²) in [6, 6.07) is 26.3. The molecule has 0 aliphatic carbocycles. The highest BCUT2D eigenvalue weighted by Crippen LogP contribution is 2.30. The van der Waals surface area contributed by atoms with Crippen LogP contribution in [0.5, 0.6) is 17.2 Å². The Morgan fingerprint density at radius 3 is 2.34 bits per heavy atom. The molecule has 0 unspecified atom stereocenters. The molecule has 2 amide bonds. The quantitative estimate of drug-likeness (QED) is 0.171. The van der Waals surface area contributed by atoms with Crippen molar-refractivity contribution in [2.75, 3.05) is 18.5 Å². The minimum atomic E-state index is -0.893. The van der Waals surface area contributed by atoms with Crippen molar-refractivity contribution in [2.24, 2.45) is 5.10 Å². The van der Waals surface area contributed by atoms with Crippen molar-refractivity contribution in [3.05, 3.63) is 96.1 Å². The van der Waals surface area contributed by atoms with Gasteiger partial charge in [-0.05, 0) is 78.2 Å². The summed E-state index contributed by atoms with van der Waals surface area (Å²) < 4.78 is 17.2. The van der Waals surface area contributed by atoms with Gasteiger partial charge in [-0.25, -0.2) is 5.43 Å². The molecule has 0 atom stereocenters. The van der Waals surface area contributed by atoms with Crippen molar-refractivity contribution < 1.29 is 23.8 Å². The van der Waals surface area contributed by atoms with E-state index in [1.807, 2.05) is 38.1 Å². The van der Waals surface area contributed by atoms with Gasteiger partial charge in [-0.2, -0.15) is 5.10 Å². The van der Waals surface area contributed by atoms with E-state index in [-0.39, 0.29) is 0 Å². The molecule has 0 saturated heterocycles. The summed E-state index contributed by atoms with van der Waals surface area (Å²) in [5.74, 6) is 0.0941. The highest BCUT2D eigenvalue weighted by atomic mass is 16.5. The second-order valence-electron chi connectivity index (χ2n) is 8.18. The number of anilines is 1. The van der Waals surface area contributed by atoms with Gasteiger partial charge in [-0.15, -0.1) is 0 Å². The van der Waals surface area contributed by atoms with Gasteiger partial charge in [-0.1, -0.05) is 42.5 Å². The Hall–Kier alpha value is -4.85. The number of fused-ring (bicyclic) bond motifs is 1. The van der Waals surface area contributed by atoms with Gasteiger partial charge >= 0.3 is 11.8 Å². The number of carbonyl (C=O) groups excluding carboxylic acids is 2. The molecule has 4 aromatic carbocycles. The van der Waals surface area contributed by atoms with Crippen molar-refractivity contribution in [3.63, 3.8) is 0 Å². The lowest BCUT2D eigenvalue weighted by molar-refractivity contribution is -0.136. The molecule has 0 aliphatic heterocycles. The van der Waals surface area contributed by atoms with Crippen molar-refractivity contribution >= 4 is 34.5 Å². The van der Waals surface area contributed by atoms with Crippen molar-refractivity contribution in [3.8, 4) is 17.2 Å². The van der Waals surface area contributed by atoms with Crippen LogP contribution in [0.1, 0.15) is 25.0 Å². The minimum absolute atomic E-state index is 0.383. The summed E-state index contributed by atoms with van der Waals surface area (Å²) in [4.78, 5) is 24.3. The lowest BCUT2D eigenvalue weighted by atomic mass is 10.1. The fourth-order valence-electron chi connectivity index (χ4n) is 3.77. The van der Waals surface area contributed by atoms with Crippen LogP contribution in [-0.4, -0.2) is 31.2 Å². The van der Waals surface area contributed by atoms with Gasteiger partial charge in [0.15, 0.2) is 11.5 Å². The van der Waals surface area contributed by atoms with E-state index in [2.05, 4.69) is 34.0 Å². The van der Waals surface area contributed by atoms with E-state index in [0.717, 1.165) is 16.3 Å². The van der Waals surface area contributed by atoms with Crippen molar-refractivity contribution in [1.82, 2.24) is 5.43 Å². The molecule has 0 saturated carbocycles. The Bertz CT molecular complexity index is 1430. The van der Waals surface area contributed by atoms with Crippen LogP contribution >= 0.6 is 0 Å². The average Bonchev–Trinajstić information content (AvgIpc) is 2.94. The van der Waals surface area contributed by atoms with Gasteiger partial charge in [0.2, 0.25) is 0 Å². The van der Waals surface area contributed by atoms with E-state index in [4.69, 9.17) is 14.2 Å². The van der Waals surface area contributed by atoms with Crippen LogP contribution in [-0.2, 0) is 16.2 Å². The molecular formula is C30H29N3O5. The number of benzene rings is 4. The number of nitrogens with one attached hydrogen (secondary N) is 2. The standard InChI is InChI=1S/C30H29N3O5/c1-3-36-25-15-13-24(14-16-25)32-29(34)30(35)33-31-19-21-12-17-27(28(18-21)37-4-2)38-20-23-10-7-9-22-8-5-6-11-26(22)23/h5-19H,3-4,20H2,1-2H3,(H,32,34)(H,33,35). The van der Waals surface area contributed by atoms with Gasteiger partial charge in [0.1, 0.15) is 12.4 Å². The first-order valence-electron chi connectivity index (χ1n) is 12.3. The molecule has 194 valence electrons. The summed E-state index contributed by atoms with van der Waals surface area (Å²) in [7, 11) is 0. The lowest BCUT2D eigenvalue weighted by Gasteiger charge is -2.13. The largest absolute Gasteiger partial charge is 0.494 e. The summed E-state index contributed by atoms with van der Waals surface area (Å²) in [6.45, 7) is 5.15. The molecule has 38 heavy (non-hydrogen) atoms. The highest BCUT2D eigenvalue weighted by Gasteiger charge is 2.13. The normalized spacial score (nSPS) is 10.8. The van der Waals surface area contributed by atoms with Gasteiger partial charge in [-0.3, -0.25) is 9.59 Å². The van der Waals surface area contributed by atoms with E-state index in [0.29, 0.717) is 48.3 Å². The third kappa shape index (κ3) is 6.88. The molecule has 0 radical (unpaired) electrons. The third-order valence-electron chi connectivity index (χ3n) is 5.54. The van der Waals surface area contributed by atoms with Crippen LogP contribution < -0.4 is 25.0 Å². The van der Waals surface area contributed by atoms with Crippen LogP contribution in [0.25, 0.3) is 10.8 Å². The molecule has 4 aromatic rings. The summed E-state index contributed by atoms with van der Waals surface area (Å²) in [5, 5.41) is 8.71. The first-order chi connectivity index (χ1) is 18.6. The number of amides is 2. The Morgan fingerprint density at radius 1 is 0.789 bits per heavy atom. The van der Waals surface area contributed by atoms with Gasteiger partial charge in [0.25, 0.3) is 0 Å². The third-order valence-corrected chi connectivity index (χ3v) is 5.54. The van der Waals surface area contributed by atoms with Crippen LogP contribution in [0.2, 0.25) is 0 Å². The number of rotatable bonds is 10. The van der Waals surface area contributed by atoms with E-state index in [1.54, 1.807) is 42.5 Å². The van der Waals surface area contributed by atoms with E-state index in [1.165, 1.54) is 6.21 Å². The maximum absolute atomic E-state index is 12.2. The maximum atomic E-state index is 12.2. The Balaban J connectivity index is 1.36. The maximum Gasteiger partial charge on any atom is 0.329 e. The van der Waals surface area contributed by atoms with Crippen LogP contribution in [0, 0.1) is 0 Å². The minimum Gasteiger partial charge on any atom is -0.494 e. The Kier molecular flexibility index (Phi) is 8.91. The number of hydrogen-bond acceptors (Lipinski definition) is 6. The molecule has 4 rings (SSSR count). The summed E-state index contributed by atoms with van der Waals surface area (Å²) in [6.07, 6.45) is 1.43. The smallest absolute Gasteiger partial charge is 0.329 e. The van der Waals surface area contributed by atoms with Gasteiger partial charge < -0.3 is 19.5 Å². The first kappa shape index (κ1) is 26.2. The topological polar surface area (TPSA) is 98.2 Å². The van der Waals surface area contributed by atoms with Gasteiger partial charge in [0.05, 0.1) is 19.4 Å².